The van der Waals surface area contributed by atoms with Gasteiger partial charge in [0, 0.05) is 0 Å². The molecule has 22 heavy (non-hydrogen) atoms. The summed E-state index contributed by atoms with van der Waals surface area (Å²) in [5.41, 5.74) is 0. The topological polar surface area (TPSA) is 0 Å². The fraction of sp³-hybridized carbons (Fsp3) is 0.818. The molecule has 0 saturated heterocycles. The van der Waals surface area contributed by atoms with Crippen LogP contribution in [-0.2, 0) is 0 Å². The van der Waals surface area contributed by atoms with Gasteiger partial charge < -0.3 is 0 Å². The number of hydrogen-bond acceptors (Lipinski definition) is 0. The van der Waals surface area contributed by atoms with Gasteiger partial charge in [-0.1, -0.05) is 64.8 Å². The molecule has 2 bridgehead atoms. The molecular weight excluding hydrogens is 264 g/mol. The fourth-order valence-electron chi connectivity index (χ4n) is 4.44. The molecule has 0 atom stereocenters. The first kappa shape index (κ1) is 17.8. The number of rotatable bonds is 6. The smallest absolute Gasteiger partial charge is 0.0228 e. The summed E-state index contributed by atoms with van der Waals surface area (Å²) >= 11 is 0. The first-order valence-corrected chi connectivity index (χ1v) is 9.86. The average molecular weight is 303 g/mol. The van der Waals surface area contributed by atoms with Crippen LogP contribution >= 0.6 is 0 Å². The molecule has 2 rings (SSSR count). The van der Waals surface area contributed by atoms with Crippen molar-refractivity contribution < 1.29 is 0 Å². The monoisotopic (exact) mass is 302 g/mol. The van der Waals surface area contributed by atoms with E-state index in [-0.39, 0.29) is 0 Å². The Morgan fingerprint density at radius 3 is 1.36 bits per heavy atom. The lowest BCUT2D eigenvalue weighted by atomic mass is 9.79. The summed E-state index contributed by atoms with van der Waals surface area (Å²) in [7, 11) is 0. The van der Waals surface area contributed by atoms with Crippen LogP contribution in [0.2, 0.25) is 0 Å². The summed E-state index contributed by atoms with van der Waals surface area (Å²) in [6.45, 7) is 9.28. The molecule has 126 valence electrons. The second kappa shape index (κ2) is 8.94. The quantitative estimate of drug-likeness (QED) is 0.462. The largest absolute Gasteiger partial charge is 0.0880 e. The Kier molecular flexibility index (Phi) is 7.25. The zero-order valence-corrected chi connectivity index (χ0v) is 15.4. The fourth-order valence-corrected chi connectivity index (χ4v) is 4.44. The van der Waals surface area contributed by atoms with E-state index in [1.165, 1.54) is 51.4 Å². The molecule has 0 radical (unpaired) electrons. The van der Waals surface area contributed by atoms with Crippen molar-refractivity contribution >= 4 is 0 Å². The van der Waals surface area contributed by atoms with Crippen molar-refractivity contribution in [1.82, 2.24) is 0 Å². The normalized spacial score (nSPS) is 33.2. The third kappa shape index (κ3) is 6.31. The van der Waals surface area contributed by atoms with Gasteiger partial charge in [-0.25, -0.2) is 0 Å². The second-order valence-corrected chi connectivity index (χ2v) is 8.89. The number of hydrogen-bond donors (Lipinski definition) is 0. The highest BCUT2D eigenvalue weighted by Gasteiger charge is 2.31. The summed E-state index contributed by atoms with van der Waals surface area (Å²) in [6.07, 6.45) is 21.4. The molecule has 0 nitrogen and oxygen atoms in total. The predicted octanol–water partition coefficient (Wildman–Crippen LogP) is 7.02. The second-order valence-electron chi connectivity index (χ2n) is 8.89. The Morgan fingerprint density at radius 1 is 0.682 bits per heavy atom. The van der Waals surface area contributed by atoms with Crippen LogP contribution in [0.1, 0.15) is 79.1 Å². The third-order valence-corrected chi connectivity index (χ3v) is 5.56. The van der Waals surface area contributed by atoms with Crippen molar-refractivity contribution in [3.8, 4) is 0 Å². The van der Waals surface area contributed by atoms with Gasteiger partial charge in [0.2, 0.25) is 0 Å². The Bertz CT molecular complexity index is 312. The summed E-state index contributed by atoms with van der Waals surface area (Å²) in [5, 5.41) is 0. The van der Waals surface area contributed by atoms with Crippen LogP contribution in [0.5, 0.6) is 0 Å². The Morgan fingerprint density at radius 2 is 1.05 bits per heavy atom. The lowest BCUT2D eigenvalue weighted by Crippen LogP contribution is -2.15. The van der Waals surface area contributed by atoms with Gasteiger partial charge >= 0.3 is 0 Å². The average Bonchev–Trinajstić information content (AvgIpc) is 2.70. The number of fused-ring (bicyclic) bond motifs is 3. The maximum absolute atomic E-state index is 2.57. The maximum Gasteiger partial charge on any atom is -0.0228 e. The van der Waals surface area contributed by atoms with Crippen molar-refractivity contribution in [2.24, 2.45) is 35.5 Å². The molecular formula is C22H38. The van der Waals surface area contributed by atoms with E-state index in [4.69, 9.17) is 0 Å². The van der Waals surface area contributed by atoms with Crippen molar-refractivity contribution in [2.45, 2.75) is 79.1 Å². The van der Waals surface area contributed by atoms with E-state index in [0.29, 0.717) is 0 Å². The summed E-state index contributed by atoms with van der Waals surface area (Å²) in [6, 6.07) is 0. The minimum atomic E-state index is 0.803. The van der Waals surface area contributed by atoms with E-state index in [1.807, 2.05) is 0 Å². The van der Waals surface area contributed by atoms with Crippen LogP contribution in [0.3, 0.4) is 0 Å². The third-order valence-electron chi connectivity index (χ3n) is 5.56. The maximum atomic E-state index is 2.57. The molecule has 0 aromatic rings. The summed E-state index contributed by atoms with van der Waals surface area (Å²) in [4.78, 5) is 0. The molecule has 0 heterocycles. The van der Waals surface area contributed by atoms with E-state index < -0.39 is 0 Å². The van der Waals surface area contributed by atoms with Crippen LogP contribution < -0.4 is 0 Å². The first-order chi connectivity index (χ1) is 10.5. The Labute approximate surface area is 139 Å². The molecule has 0 unspecified atom stereocenters. The number of allylic oxidation sites excluding steroid dienone is 4. The van der Waals surface area contributed by atoms with Crippen molar-refractivity contribution in [1.29, 1.82) is 0 Å². The van der Waals surface area contributed by atoms with Crippen LogP contribution in [-0.4, -0.2) is 0 Å². The van der Waals surface area contributed by atoms with Gasteiger partial charge in [0.15, 0.2) is 0 Å². The van der Waals surface area contributed by atoms with Gasteiger partial charge in [0.05, 0.1) is 0 Å². The molecule has 2 fully saturated rings. The SMILES string of the molecule is CC(C)C/C=C/C1CC2CCC(C1)CC(/C=C/CC(C)C)C2. The minimum absolute atomic E-state index is 0.803. The van der Waals surface area contributed by atoms with Crippen molar-refractivity contribution in [3.05, 3.63) is 24.3 Å². The van der Waals surface area contributed by atoms with E-state index in [9.17, 15) is 0 Å². The lowest BCUT2D eigenvalue weighted by Gasteiger charge is -2.26. The van der Waals surface area contributed by atoms with Crippen LogP contribution in [0.15, 0.2) is 24.3 Å². The van der Waals surface area contributed by atoms with Crippen molar-refractivity contribution in [2.75, 3.05) is 0 Å². The molecule has 0 aromatic carbocycles. The highest BCUT2D eigenvalue weighted by atomic mass is 14.4. The first-order valence-electron chi connectivity index (χ1n) is 9.86. The lowest BCUT2D eigenvalue weighted by molar-refractivity contribution is 0.299. The summed E-state index contributed by atoms with van der Waals surface area (Å²) in [5.74, 6) is 5.31. The molecule has 0 N–H and O–H groups in total. The van der Waals surface area contributed by atoms with Gasteiger partial charge in [-0.3, -0.25) is 0 Å². The summed E-state index contributed by atoms with van der Waals surface area (Å²) < 4.78 is 0. The van der Waals surface area contributed by atoms with Gasteiger partial charge in [0.25, 0.3) is 0 Å². The zero-order chi connectivity index (χ0) is 15.9. The standard InChI is InChI=1S/C22H38/c1-17(2)7-5-9-19-13-21-11-12-22(14-19)16-20(15-21)10-6-8-18(3)4/h5-6,9-10,17-22H,7-8,11-16H2,1-4H3/b9-5+,10-6+. The van der Waals surface area contributed by atoms with Gasteiger partial charge in [-0.15, -0.1) is 0 Å². The molecule has 0 spiro atoms. The molecule has 0 aliphatic heterocycles. The van der Waals surface area contributed by atoms with Crippen LogP contribution in [0, 0.1) is 35.5 Å². The van der Waals surface area contributed by atoms with Gasteiger partial charge in [-0.05, 0) is 74.0 Å². The Hall–Kier alpha value is -0.520. The minimum Gasteiger partial charge on any atom is -0.0880 e. The van der Waals surface area contributed by atoms with Crippen molar-refractivity contribution in [3.63, 3.8) is 0 Å². The van der Waals surface area contributed by atoms with E-state index in [2.05, 4.69) is 52.0 Å². The van der Waals surface area contributed by atoms with Gasteiger partial charge in [0.1, 0.15) is 0 Å². The zero-order valence-electron chi connectivity index (χ0n) is 15.4. The van der Waals surface area contributed by atoms with Crippen LogP contribution in [0.4, 0.5) is 0 Å². The van der Waals surface area contributed by atoms with E-state index in [1.54, 1.807) is 0 Å². The highest BCUT2D eigenvalue weighted by Crippen LogP contribution is 2.43. The molecule has 2 aliphatic rings. The predicted molar refractivity (Wildman–Crippen MR) is 98.9 cm³/mol. The Balaban J connectivity index is 1.88. The molecule has 0 aromatic heterocycles. The van der Waals surface area contributed by atoms with E-state index >= 15 is 0 Å². The molecule has 0 amide bonds. The van der Waals surface area contributed by atoms with Gasteiger partial charge in [-0.2, -0.15) is 0 Å². The molecule has 2 saturated carbocycles. The highest BCUT2D eigenvalue weighted by molar-refractivity contribution is 4.98. The van der Waals surface area contributed by atoms with Crippen LogP contribution in [0.25, 0.3) is 0 Å². The van der Waals surface area contributed by atoms with E-state index in [0.717, 1.165) is 35.5 Å². The molecule has 2 aliphatic carbocycles. The molecule has 0 heteroatoms.